The molecule has 0 saturated heterocycles. The van der Waals surface area contributed by atoms with Crippen LogP contribution < -0.4 is 0 Å². The van der Waals surface area contributed by atoms with E-state index >= 15 is 0 Å². The Kier molecular flexibility index (Phi) is 5.09. The van der Waals surface area contributed by atoms with Gasteiger partial charge in [0.25, 0.3) is 0 Å². The Bertz CT molecular complexity index is 898. The molecule has 1 aliphatic rings. The molecule has 3 heterocycles. The molecule has 0 spiro atoms. The quantitative estimate of drug-likeness (QED) is 0.684. The van der Waals surface area contributed by atoms with Gasteiger partial charge in [-0.25, -0.2) is 0 Å². The van der Waals surface area contributed by atoms with Crippen LogP contribution in [-0.4, -0.2) is 35.6 Å². The molecular formula is C21H24N2O2S. The molecule has 1 atom stereocenters. The van der Waals surface area contributed by atoms with E-state index in [1.165, 1.54) is 15.8 Å². The maximum atomic E-state index is 13.1. The first-order chi connectivity index (χ1) is 12.7. The third kappa shape index (κ3) is 3.55. The highest BCUT2D eigenvalue weighted by atomic mass is 32.1. The average molecular weight is 369 g/mol. The predicted molar refractivity (Wildman–Crippen MR) is 105 cm³/mol. The van der Waals surface area contributed by atoms with Gasteiger partial charge in [0.1, 0.15) is 0 Å². The minimum atomic E-state index is 0.214. The summed E-state index contributed by atoms with van der Waals surface area (Å²) >= 11 is 1.72. The first-order valence-corrected chi connectivity index (χ1v) is 9.98. The van der Waals surface area contributed by atoms with Gasteiger partial charge in [-0.15, -0.1) is 11.3 Å². The highest BCUT2D eigenvalue weighted by Gasteiger charge is 2.25. The fourth-order valence-electron chi connectivity index (χ4n) is 3.78. The van der Waals surface area contributed by atoms with Crippen LogP contribution in [0, 0.1) is 5.92 Å². The Morgan fingerprint density at radius 3 is 3.00 bits per heavy atom. The fourth-order valence-corrected chi connectivity index (χ4v) is 4.74. The number of thiophene rings is 1. The molecule has 0 bridgehead atoms. The lowest BCUT2D eigenvalue weighted by molar-refractivity contribution is -0.131. The number of hydrogen-bond acceptors (Lipinski definition) is 3. The smallest absolute Gasteiger partial charge is 0.227 e. The van der Waals surface area contributed by atoms with Crippen LogP contribution in [0.4, 0.5) is 0 Å². The number of rotatable bonds is 5. The van der Waals surface area contributed by atoms with Crippen LogP contribution in [0.25, 0.3) is 10.1 Å². The molecule has 26 heavy (non-hydrogen) atoms. The molecule has 0 N–H and O–H groups in total. The highest BCUT2D eigenvalue weighted by Crippen LogP contribution is 2.27. The van der Waals surface area contributed by atoms with Crippen LogP contribution in [0.3, 0.4) is 0 Å². The first kappa shape index (κ1) is 17.3. The largest absolute Gasteiger partial charge is 0.385 e. The molecule has 1 aliphatic heterocycles. The Balaban J connectivity index is 1.54. The van der Waals surface area contributed by atoms with E-state index < -0.39 is 0 Å². The van der Waals surface area contributed by atoms with Crippen molar-refractivity contribution in [3.63, 3.8) is 0 Å². The molecule has 0 radical (unpaired) electrons. The van der Waals surface area contributed by atoms with Gasteiger partial charge in [0, 0.05) is 43.4 Å². The van der Waals surface area contributed by atoms with Crippen molar-refractivity contribution in [2.45, 2.75) is 25.9 Å². The Labute approximate surface area is 158 Å². The SMILES string of the molecule is COCCC1CN(C(=O)Cc2csc3ccccc23)Cc2cccn2C1. The number of hydrogen-bond donors (Lipinski definition) is 0. The van der Waals surface area contributed by atoms with Crippen molar-refractivity contribution < 1.29 is 9.53 Å². The van der Waals surface area contributed by atoms with E-state index in [4.69, 9.17) is 4.74 Å². The number of benzene rings is 1. The zero-order valence-corrected chi connectivity index (χ0v) is 15.9. The van der Waals surface area contributed by atoms with Gasteiger partial charge in [-0.3, -0.25) is 4.79 Å². The van der Waals surface area contributed by atoms with Crippen LogP contribution in [-0.2, 0) is 29.0 Å². The predicted octanol–water partition coefficient (Wildman–Crippen LogP) is 3.94. The molecule has 2 aromatic heterocycles. The molecule has 0 saturated carbocycles. The summed E-state index contributed by atoms with van der Waals surface area (Å²) in [5.74, 6) is 0.636. The maximum Gasteiger partial charge on any atom is 0.227 e. The van der Waals surface area contributed by atoms with E-state index in [2.05, 4.69) is 40.4 Å². The third-order valence-corrected chi connectivity index (χ3v) is 6.21. The van der Waals surface area contributed by atoms with Crippen molar-refractivity contribution >= 4 is 27.3 Å². The molecule has 5 heteroatoms. The molecule has 3 aromatic rings. The van der Waals surface area contributed by atoms with E-state index in [9.17, 15) is 4.79 Å². The molecule has 1 unspecified atom stereocenters. The van der Waals surface area contributed by atoms with Gasteiger partial charge in [0.15, 0.2) is 0 Å². The van der Waals surface area contributed by atoms with Gasteiger partial charge in [-0.2, -0.15) is 0 Å². The maximum absolute atomic E-state index is 13.1. The minimum Gasteiger partial charge on any atom is -0.385 e. The first-order valence-electron chi connectivity index (χ1n) is 9.10. The average Bonchev–Trinajstić information content (AvgIpc) is 3.22. The number of nitrogens with zero attached hydrogens (tertiary/aromatic N) is 2. The molecule has 136 valence electrons. The van der Waals surface area contributed by atoms with Gasteiger partial charge in [-0.05, 0) is 46.9 Å². The van der Waals surface area contributed by atoms with Gasteiger partial charge < -0.3 is 14.2 Å². The number of methoxy groups -OCH3 is 1. The number of carbonyl (C=O) groups is 1. The van der Waals surface area contributed by atoms with Gasteiger partial charge in [0.05, 0.1) is 13.0 Å². The lowest BCUT2D eigenvalue weighted by atomic mass is 10.0. The molecule has 1 aromatic carbocycles. The summed E-state index contributed by atoms with van der Waals surface area (Å²) in [6, 6.07) is 12.5. The normalized spacial score (nSPS) is 17.3. The molecule has 0 fully saturated rings. The third-order valence-electron chi connectivity index (χ3n) is 5.20. The van der Waals surface area contributed by atoms with Crippen molar-refractivity contribution in [2.75, 3.05) is 20.3 Å². The summed E-state index contributed by atoms with van der Waals surface area (Å²) in [6.07, 6.45) is 3.57. The lowest BCUT2D eigenvalue weighted by Crippen LogP contribution is -2.35. The van der Waals surface area contributed by atoms with Crippen LogP contribution >= 0.6 is 11.3 Å². The standard InChI is InChI=1S/C21H24N2O2S/c1-25-10-8-16-12-22-9-4-5-18(22)14-23(13-16)21(24)11-17-15-26-20-7-3-2-6-19(17)20/h2-7,9,15-16H,8,10-14H2,1H3. The topological polar surface area (TPSA) is 34.5 Å². The second-order valence-corrected chi connectivity index (χ2v) is 7.92. The van der Waals surface area contributed by atoms with Crippen LogP contribution in [0.2, 0.25) is 0 Å². The summed E-state index contributed by atoms with van der Waals surface area (Å²) in [6.45, 7) is 3.18. The Morgan fingerprint density at radius 2 is 2.12 bits per heavy atom. The monoisotopic (exact) mass is 368 g/mol. The van der Waals surface area contributed by atoms with E-state index in [0.29, 0.717) is 18.9 Å². The molecule has 0 aliphatic carbocycles. The van der Waals surface area contributed by atoms with Crippen molar-refractivity contribution in [3.05, 3.63) is 59.2 Å². The summed E-state index contributed by atoms with van der Waals surface area (Å²) in [7, 11) is 1.74. The number of fused-ring (bicyclic) bond motifs is 2. The van der Waals surface area contributed by atoms with Gasteiger partial charge >= 0.3 is 0 Å². The van der Waals surface area contributed by atoms with E-state index in [1.807, 2.05) is 17.0 Å². The van der Waals surface area contributed by atoms with E-state index in [1.54, 1.807) is 18.4 Å². The zero-order chi connectivity index (χ0) is 17.9. The van der Waals surface area contributed by atoms with E-state index in [-0.39, 0.29) is 5.91 Å². The summed E-state index contributed by atoms with van der Waals surface area (Å²) in [4.78, 5) is 15.1. The van der Waals surface area contributed by atoms with Crippen LogP contribution in [0.5, 0.6) is 0 Å². The number of amides is 1. The van der Waals surface area contributed by atoms with Crippen LogP contribution in [0.15, 0.2) is 48.0 Å². The molecule has 4 rings (SSSR count). The zero-order valence-electron chi connectivity index (χ0n) is 15.1. The van der Waals surface area contributed by atoms with Crippen molar-refractivity contribution in [2.24, 2.45) is 5.92 Å². The number of carbonyl (C=O) groups excluding carboxylic acids is 1. The minimum absolute atomic E-state index is 0.214. The van der Waals surface area contributed by atoms with Crippen molar-refractivity contribution in [1.29, 1.82) is 0 Å². The second kappa shape index (κ2) is 7.64. The summed E-state index contributed by atoms with van der Waals surface area (Å²) < 4.78 is 8.81. The molecular weight excluding hydrogens is 344 g/mol. The van der Waals surface area contributed by atoms with Crippen LogP contribution in [0.1, 0.15) is 17.7 Å². The second-order valence-electron chi connectivity index (χ2n) is 7.01. The van der Waals surface area contributed by atoms with Crippen molar-refractivity contribution in [3.8, 4) is 0 Å². The lowest BCUT2D eigenvalue weighted by Gasteiger charge is -2.24. The van der Waals surface area contributed by atoms with Crippen molar-refractivity contribution in [1.82, 2.24) is 9.47 Å². The molecule has 4 nitrogen and oxygen atoms in total. The highest BCUT2D eigenvalue weighted by molar-refractivity contribution is 7.17. The summed E-state index contributed by atoms with van der Waals surface area (Å²) in [5.41, 5.74) is 2.36. The van der Waals surface area contributed by atoms with Gasteiger partial charge in [0.2, 0.25) is 5.91 Å². The fraction of sp³-hybridized carbons (Fsp3) is 0.381. The van der Waals surface area contributed by atoms with Gasteiger partial charge in [-0.1, -0.05) is 18.2 Å². The Morgan fingerprint density at radius 1 is 1.23 bits per heavy atom. The molecule has 1 amide bonds. The number of ether oxygens (including phenoxy) is 1. The summed E-state index contributed by atoms with van der Waals surface area (Å²) in [5, 5.41) is 3.34. The Hall–Kier alpha value is -2.11. The number of aromatic nitrogens is 1. The van der Waals surface area contributed by atoms with E-state index in [0.717, 1.165) is 31.7 Å².